The van der Waals surface area contributed by atoms with E-state index in [0.717, 1.165) is 12.6 Å². The maximum Gasteiger partial charge on any atom is 0.408 e. The second-order valence-electron chi connectivity index (χ2n) is 7.74. The molecule has 4 atom stereocenters. The van der Waals surface area contributed by atoms with Crippen LogP contribution in [0.25, 0.3) is 0 Å². The Morgan fingerprint density at radius 2 is 1.64 bits per heavy atom. The van der Waals surface area contributed by atoms with E-state index in [4.69, 9.17) is 19.9 Å². The van der Waals surface area contributed by atoms with Crippen LogP contribution >= 0.6 is 0 Å². The number of alkyl carbamates (subject to hydrolysis) is 1. The van der Waals surface area contributed by atoms with Crippen molar-refractivity contribution in [2.24, 2.45) is 5.73 Å². The van der Waals surface area contributed by atoms with Crippen LogP contribution in [-0.4, -0.2) is 83.8 Å². The summed E-state index contributed by atoms with van der Waals surface area (Å²) >= 11 is 0. The van der Waals surface area contributed by atoms with Crippen LogP contribution in [0.1, 0.15) is 26.3 Å². The van der Waals surface area contributed by atoms with Gasteiger partial charge in [0, 0.05) is 7.05 Å². The maximum absolute atomic E-state index is 12.8. The number of hydrazine groups is 1. The molecular weight excluding hydrogens is 478 g/mol. The van der Waals surface area contributed by atoms with Crippen molar-refractivity contribution in [3.63, 3.8) is 0 Å². The van der Waals surface area contributed by atoms with E-state index in [0.29, 0.717) is 10.0 Å². The summed E-state index contributed by atoms with van der Waals surface area (Å²) in [5.74, 6) is -3.46. The van der Waals surface area contributed by atoms with Gasteiger partial charge in [-0.1, -0.05) is 30.3 Å². The molecule has 196 valence electrons. The number of rotatable bonds is 9. The van der Waals surface area contributed by atoms with Gasteiger partial charge >= 0.3 is 18.1 Å². The van der Waals surface area contributed by atoms with E-state index in [1.165, 1.54) is 13.8 Å². The number of nitrogens with one attached hydrogen (secondary N) is 2. The molecule has 1 aromatic rings. The van der Waals surface area contributed by atoms with Crippen molar-refractivity contribution < 1.29 is 43.0 Å². The topological polar surface area (TPSA) is 190 Å². The molecule has 14 heteroatoms. The zero-order chi connectivity index (χ0) is 27.0. The highest BCUT2D eigenvalue weighted by molar-refractivity contribution is 6.02. The summed E-state index contributed by atoms with van der Waals surface area (Å²) in [4.78, 5) is 73.3. The van der Waals surface area contributed by atoms with Crippen molar-refractivity contribution in [2.45, 2.75) is 51.7 Å². The third-order valence-corrected chi connectivity index (χ3v) is 4.96. The first-order valence-electron chi connectivity index (χ1n) is 11.0. The van der Waals surface area contributed by atoms with Crippen molar-refractivity contribution in [2.75, 3.05) is 13.7 Å². The smallest absolute Gasteiger partial charge is 0.408 e. The highest BCUT2D eigenvalue weighted by atomic mass is 16.6. The fourth-order valence-electron chi connectivity index (χ4n) is 3.01. The van der Waals surface area contributed by atoms with E-state index in [2.05, 4.69) is 10.6 Å². The number of amides is 6. The fourth-order valence-corrected chi connectivity index (χ4v) is 3.01. The Balaban J connectivity index is 1.89. The molecule has 2 rings (SSSR count). The van der Waals surface area contributed by atoms with Crippen LogP contribution in [0.2, 0.25) is 0 Å². The van der Waals surface area contributed by atoms with Crippen LogP contribution in [-0.2, 0) is 40.0 Å². The van der Waals surface area contributed by atoms with E-state index in [9.17, 15) is 28.8 Å². The van der Waals surface area contributed by atoms with E-state index in [1.807, 2.05) is 6.07 Å². The predicted molar refractivity (Wildman–Crippen MR) is 121 cm³/mol. The largest absolute Gasteiger partial charge is 0.464 e. The number of nitrogens with zero attached hydrogens (tertiary/aromatic N) is 2. The van der Waals surface area contributed by atoms with Crippen LogP contribution in [0.5, 0.6) is 0 Å². The Hall–Kier alpha value is -4.20. The molecule has 0 bridgehead atoms. The van der Waals surface area contributed by atoms with Gasteiger partial charge in [-0.15, -0.1) is 0 Å². The normalized spacial score (nSPS) is 17.6. The molecule has 6 amide bonds. The van der Waals surface area contributed by atoms with Gasteiger partial charge in [0.2, 0.25) is 5.91 Å². The molecule has 1 aliphatic heterocycles. The fraction of sp³-hybridized carbons (Fsp3) is 0.455. The molecule has 1 aliphatic rings. The molecule has 1 saturated heterocycles. The van der Waals surface area contributed by atoms with E-state index in [1.54, 1.807) is 31.2 Å². The summed E-state index contributed by atoms with van der Waals surface area (Å²) in [7, 11) is 1.08. The summed E-state index contributed by atoms with van der Waals surface area (Å²) in [6.45, 7) is 4.31. The minimum Gasteiger partial charge on any atom is -0.464 e. The minimum atomic E-state index is -1.34. The number of esters is 1. The number of ether oxygens (including phenoxy) is 3. The number of carbonyl (C=O) groups excluding carboxylic acids is 6. The van der Waals surface area contributed by atoms with Gasteiger partial charge in [-0.3, -0.25) is 14.4 Å². The maximum atomic E-state index is 12.8. The first kappa shape index (κ1) is 28.0. The number of urea groups is 1. The molecule has 4 N–H and O–H groups in total. The van der Waals surface area contributed by atoms with E-state index >= 15 is 0 Å². The predicted octanol–water partition coefficient (Wildman–Crippen LogP) is -0.583. The first-order valence-corrected chi connectivity index (χ1v) is 11.0. The average Bonchev–Trinajstić information content (AvgIpc) is 3.64. The van der Waals surface area contributed by atoms with E-state index < -0.39 is 60.1 Å². The van der Waals surface area contributed by atoms with Gasteiger partial charge in [0.1, 0.15) is 18.7 Å². The van der Waals surface area contributed by atoms with Gasteiger partial charge in [-0.2, -0.15) is 5.01 Å². The van der Waals surface area contributed by atoms with Gasteiger partial charge < -0.3 is 30.6 Å². The molecule has 0 saturated carbocycles. The average molecular weight is 508 g/mol. The van der Waals surface area contributed by atoms with Crippen molar-refractivity contribution in [1.82, 2.24) is 20.7 Å². The molecule has 1 aromatic carbocycles. The Bertz CT molecular complexity index is 1000. The second kappa shape index (κ2) is 12.5. The van der Waals surface area contributed by atoms with Gasteiger partial charge in [-0.25, -0.2) is 19.4 Å². The van der Waals surface area contributed by atoms with Crippen LogP contribution in [0.4, 0.5) is 9.59 Å². The second-order valence-corrected chi connectivity index (χ2v) is 7.74. The summed E-state index contributed by atoms with van der Waals surface area (Å²) < 4.78 is 14.8. The number of imide groups is 1. The van der Waals surface area contributed by atoms with E-state index in [-0.39, 0.29) is 13.2 Å². The highest BCUT2D eigenvalue weighted by Crippen LogP contribution is 2.26. The lowest BCUT2D eigenvalue weighted by atomic mass is 10.2. The number of benzene rings is 1. The Labute approximate surface area is 207 Å². The Kier molecular flexibility index (Phi) is 9.73. The third kappa shape index (κ3) is 7.40. The Morgan fingerprint density at radius 3 is 2.22 bits per heavy atom. The number of hydrogen-bond acceptors (Lipinski definition) is 9. The monoisotopic (exact) mass is 507 g/mol. The summed E-state index contributed by atoms with van der Waals surface area (Å²) in [5.41, 5.74) is 6.00. The molecule has 14 nitrogen and oxygen atoms in total. The molecular formula is C22H29N5O9. The molecule has 0 aromatic heterocycles. The minimum absolute atomic E-state index is 0.000587. The van der Waals surface area contributed by atoms with Crippen molar-refractivity contribution in [3.8, 4) is 0 Å². The number of carbonyl (C=O) groups is 6. The molecule has 1 heterocycles. The van der Waals surface area contributed by atoms with Crippen molar-refractivity contribution in [1.29, 1.82) is 0 Å². The van der Waals surface area contributed by atoms with Gasteiger partial charge in [-0.05, 0) is 26.3 Å². The SMILES string of the molecule is CCOC(=O)[C@H]1O[C@H]1C(=O)N(C(N)=O)N(C)C(=O)[C@H](C)NC(=O)[C@H](C)NC(=O)OCc1ccccc1. The number of primary amides is 1. The lowest BCUT2D eigenvalue weighted by Gasteiger charge is -2.30. The van der Waals surface area contributed by atoms with Crippen molar-refractivity contribution >= 4 is 35.8 Å². The summed E-state index contributed by atoms with van der Waals surface area (Å²) in [5, 5.41) is 5.61. The number of nitrogens with two attached hydrogens (primary N) is 1. The highest BCUT2D eigenvalue weighted by Gasteiger charge is 2.55. The van der Waals surface area contributed by atoms with Crippen LogP contribution < -0.4 is 16.4 Å². The number of likely N-dealkylation sites (N-methyl/N-ethyl adjacent to an activating group) is 1. The zero-order valence-corrected chi connectivity index (χ0v) is 20.3. The first-order chi connectivity index (χ1) is 17.0. The number of epoxide rings is 1. The number of hydrogen-bond donors (Lipinski definition) is 3. The van der Waals surface area contributed by atoms with Crippen molar-refractivity contribution in [3.05, 3.63) is 35.9 Å². The molecule has 36 heavy (non-hydrogen) atoms. The van der Waals surface area contributed by atoms with Gasteiger partial charge in [0.05, 0.1) is 6.61 Å². The Morgan fingerprint density at radius 1 is 1.00 bits per heavy atom. The summed E-state index contributed by atoms with van der Waals surface area (Å²) in [6.07, 6.45) is -3.40. The van der Waals surface area contributed by atoms with Crippen LogP contribution in [0.3, 0.4) is 0 Å². The standard InChI is InChI=1S/C22H29N5O9/c1-5-34-20(31)16-15(36-16)19(30)27(21(23)32)26(4)18(29)13(3)24-17(28)12(2)25-22(33)35-11-14-9-7-6-8-10-14/h6-10,12-13,15-16H,5,11H2,1-4H3,(H2,23,32)(H,24,28)(H,25,33)/t12-,13-,15+,16-/m0/s1. The summed E-state index contributed by atoms with van der Waals surface area (Å²) in [6, 6.07) is 5.30. The molecule has 0 radical (unpaired) electrons. The molecule has 1 fully saturated rings. The van der Waals surface area contributed by atoms with Crippen LogP contribution in [0, 0.1) is 0 Å². The van der Waals surface area contributed by atoms with Gasteiger partial charge in [0.15, 0.2) is 12.2 Å². The van der Waals surface area contributed by atoms with Gasteiger partial charge in [0.25, 0.3) is 11.8 Å². The molecule has 0 unspecified atom stereocenters. The lowest BCUT2D eigenvalue weighted by Crippen LogP contribution is -2.59. The lowest BCUT2D eigenvalue weighted by molar-refractivity contribution is -0.156. The molecule has 0 aliphatic carbocycles. The van der Waals surface area contributed by atoms with Crippen LogP contribution in [0.15, 0.2) is 30.3 Å². The molecule has 0 spiro atoms. The third-order valence-electron chi connectivity index (χ3n) is 4.96. The quantitative estimate of drug-likeness (QED) is 0.223. The zero-order valence-electron chi connectivity index (χ0n) is 20.3.